The Bertz CT molecular complexity index is 306. The maximum atomic E-state index is 8.39. The molecule has 0 N–H and O–H groups in total. The maximum Gasteiger partial charge on any atom is 0.110 e. The van der Waals surface area contributed by atoms with E-state index in [2.05, 4.69) is 20.9 Å². The Morgan fingerprint density at radius 2 is 2.45 bits per heavy atom. The summed E-state index contributed by atoms with van der Waals surface area (Å²) in [5.74, 6) is 0. The molecular formula is C7H4BrClN2. The van der Waals surface area contributed by atoms with Gasteiger partial charge in [-0.25, -0.2) is 4.98 Å². The van der Waals surface area contributed by atoms with E-state index in [1.807, 2.05) is 6.07 Å². The molecule has 0 unspecified atom stereocenters. The van der Waals surface area contributed by atoms with Gasteiger partial charge in [0.2, 0.25) is 0 Å². The van der Waals surface area contributed by atoms with E-state index in [1.54, 1.807) is 6.07 Å². The smallest absolute Gasteiger partial charge is 0.110 e. The van der Waals surface area contributed by atoms with Crippen LogP contribution in [0.1, 0.15) is 5.56 Å². The van der Waals surface area contributed by atoms with Gasteiger partial charge in [0.25, 0.3) is 0 Å². The molecule has 11 heavy (non-hydrogen) atoms. The molecular weight excluding hydrogens is 227 g/mol. The van der Waals surface area contributed by atoms with Crippen LogP contribution < -0.4 is 0 Å². The first-order chi connectivity index (χ1) is 5.24. The summed E-state index contributed by atoms with van der Waals surface area (Å²) in [7, 11) is 0. The summed E-state index contributed by atoms with van der Waals surface area (Å²) in [6.45, 7) is 0. The van der Waals surface area contributed by atoms with Crippen LogP contribution in [0.5, 0.6) is 0 Å². The van der Waals surface area contributed by atoms with E-state index in [4.69, 9.17) is 16.9 Å². The molecule has 0 amide bonds. The van der Waals surface area contributed by atoms with Crippen LogP contribution in [0, 0.1) is 11.3 Å². The Labute approximate surface area is 77.9 Å². The highest BCUT2D eigenvalue weighted by Crippen LogP contribution is 2.17. The van der Waals surface area contributed by atoms with Gasteiger partial charge in [-0.15, -0.1) is 0 Å². The molecule has 1 aromatic rings. The Balaban J connectivity index is 3.05. The van der Waals surface area contributed by atoms with E-state index >= 15 is 0 Å². The number of halogens is 2. The van der Waals surface area contributed by atoms with Crippen LogP contribution in [0.25, 0.3) is 0 Å². The number of rotatable bonds is 1. The molecule has 0 spiro atoms. The van der Waals surface area contributed by atoms with Gasteiger partial charge in [0, 0.05) is 11.8 Å². The molecule has 1 rings (SSSR count). The molecule has 0 aliphatic heterocycles. The van der Waals surface area contributed by atoms with Gasteiger partial charge in [0.1, 0.15) is 4.60 Å². The normalized spacial score (nSPS) is 9.18. The minimum atomic E-state index is 0.328. The molecule has 4 heteroatoms. The largest absolute Gasteiger partial charge is 0.247 e. The molecule has 0 fully saturated rings. The second-order valence-corrected chi connectivity index (χ2v) is 3.13. The molecule has 0 aliphatic rings. The fraction of sp³-hybridized carbons (Fsp3) is 0.143. The van der Waals surface area contributed by atoms with Gasteiger partial charge in [0.15, 0.2) is 0 Å². The van der Waals surface area contributed by atoms with Crippen molar-refractivity contribution >= 4 is 27.5 Å². The fourth-order valence-electron chi connectivity index (χ4n) is 0.674. The molecule has 0 radical (unpaired) electrons. The van der Waals surface area contributed by atoms with Crippen molar-refractivity contribution in [3.63, 3.8) is 0 Å². The lowest BCUT2D eigenvalue weighted by atomic mass is 10.2. The first-order valence-electron chi connectivity index (χ1n) is 2.91. The fourth-order valence-corrected chi connectivity index (χ4v) is 1.21. The first-order valence-corrected chi connectivity index (χ1v) is 4.08. The number of nitriles is 1. The van der Waals surface area contributed by atoms with Crippen molar-refractivity contribution in [1.82, 2.24) is 4.98 Å². The molecule has 0 bridgehead atoms. The lowest BCUT2D eigenvalue weighted by Gasteiger charge is -1.97. The molecule has 0 saturated carbocycles. The number of hydrogen-bond donors (Lipinski definition) is 0. The van der Waals surface area contributed by atoms with Gasteiger partial charge in [-0.2, -0.15) is 5.26 Å². The molecule has 0 aromatic carbocycles. The SMILES string of the molecule is N#CCc1cc(Cl)cnc1Br. The summed E-state index contributed by atoms with van der Waals surface area (Å²) in [6, 6.07) is 3.75. The van der Waals surface area contributed by atoms with Crippen molar-refractivity contribution < 1.29 is 0 Å². The van der Waals surface area contributed by atoms with Gasteiger partial charge >= 0.3 is 0 Å². The number of aromatic nitrogens is 1. The average Bonchev–Trinajstić information content (AvgIpc) is 1.98. The third kappa shape index (κ3) is 2.18. The summed E-state index contributed by atoms with van der Waals surface area (Å²) in [5.41, 5.74) is 0.819. The summed E-state index contributed by atoms with van der Waals surface area (Å²) < 4.78 is 0.684. The monoisotopic (exact) mass is 230 g/mol. The van der Waals surface area contributed by atoms with Gasteiger partial charge in [0.05, 0.1) is 17.5 Å². The van der Waals surface area contributed by atoms with E-state index in [-0.39, 0.29) is 0 Å². The van der Waals surface area contributed by atoms with Crippen LogP contribution in [-0.2, 0) is 6.42 Å². The highest BCUT2D eigenvalue weighted by atomic mass is 79.9. The van der Waals surface area contributed by atoms with Gasteiger partial charge in [-0.05, 0) is 22.0 Å². The van der Waals surface area contributed by atoms with Crippen LogP contribution in [0.2, 0.25) is 5.02 Å². The summed E-state index contributed by atoms with van der Waals surface area (Å²) in [6.07, 6.45) is 1.86. The number of nitrogens with zero attached hydrogens (tertiary/aromatic N) is 2. The van der Waals surface area contributed by atoms with E-state index in [0.29, 0.717) is 16.0 Å². The third-order valence-corrected chi connectivity index (χ3v) is 2.07. The molecule has 1 heterocycles. The quantitative estimate of drug-likeness (QED) is 0.697. The van der Waals surface area contributed by atoms with Gasteiger partial charge in [-0.3, -0.25) is 0 Å². The summed E-state index contributed by atoms with van der Waals surface area (Å²) in [4.78, 5) is 3.93. The van der Waals surface area contributed by atoms with E-state index in [9.17, 15) is 0 Å². The lowest BCUT2D eigenvalue weighted by molar-refractivity contribution is 1.15. The summed E-state index contributed by atoms with van der Waals surface area (Å²) in [5, 5.41) is 8.95. The van der Waals surface area contributed by atoms with Crippen LogP contribution in [0.15, 0.2) is 16.9 Å². The molecule has 0 saturated heterocycles. The zero-order valence-electron chi connectivity index (χ0n) is 5.51. The number of hydrogen-bond acceptors (Lipinski definition) is 2. The zero-order chi connectivity index (χ0) is 8.27. The van der Waals surface area contributed by atoms with Crippen LogP contribution >= 0.6 is 27.5 Å². The van der Waals surface area contributed by atoms with Crippen LogP contribution in [0.3, 0.4) is 0 Å². The van der Waals surface area contributed by atoms with Crippen LogP contribution in [0.4, 0.5) is 0 Å². The Morgan fingerprint density at radius 1 is 1.73 bits per heavy atom. The van der Waals surface area contributed by atoms with Crippen molar-refractivity contribution in [2.75, 3.05) is 0 Å². The lowest BCUT2D eigenvalue weighted by Crippen LogP contribution is -1.86. The molecule has 56 valence electrons. The standard InChI is InChI=1S/C7H4BrClN2/c8-7-5(1-2-10)3-6(9)4-11-7/h3-4H,1H2. The molecule has 2 nitrogen and oxygen atoms in total. The average molecular weight is 231 g/mol. The molecule has 0 atom stereocenters. The Kier molecular flexibility index (Phi) is 2.86. The maximum absolute atomic E-state index is 8.39. The highest BCUT2D eigenvalue weighted by Gasteiger charge is 2.00. The second kappa shape index (κ2) is 3.70. The van der Waals surface area contributed by atoms with Gasteiger partial charge in [-0.1, -0.05) is 11.6 Å². The van der Waals surface area contributed by atoms with Crippen molar-refractivity contribution in [1.29, 1.82) is 5.26 Å². The van der Waals surface area contributed by atoms with E-state index in [0.717, 1.165) is 5.56 Å². The van der Waals surface area contributed by atoms with E-state index < -0.39 is 0 Å². The van der Waals surface area contributed by atoms with Crippen molar-refractivity contribution in [3.05, 3.63) is 27.5 Å². The van der Waals surface area contributed by atoms with E-state index in [1.165, 1.54) is 6.20 Å². The minimum absolute atomic E-state index is 0.328. The second-order valence-electron chi connectivity index (χ2n) is 1.94. The predicted molar refractivity (Wildman–Crippen MR) is 46.3 cm³/mol. The van der Waals surface area contributed by atoms with Gasteiger partial charge < -0.3 is 0 Å². The Morgan fingerprint density at radius 3 is 3.09 bits per heavy atom. The Hall–Kier alpha value is -0.590. The van der Waals surface area contributed by atoms with Crippen molar-refractivity contribution in [2.24, 2.45) is 0 Å². The van der Waals surface area contributed by atoms with Crippen molar-refractivity contribution in [2.45, 2.75) is 6.42 Å². The van der Waals surface area contributed by atoms with Crippen LogP contribution in [-0.4, -0.2) is 4.98 Å². The number of pyridine rings is 1. The molecule has 1 aromatic heterocycles. The molecule has 0 aliphatic carbocycles. The minimum Gasteiger partial charge on any atom is -0.247 e. The topological polar surface area (TPSA) is 36.7 Å². The van der Waals surface area contributed by atoms with Crippen molar-refractivity contribution in [3.8, 4) is 6.07 Å². The first kappa shape index (κ1) is 8.51. The third-order valence-electron chi connectivity index (χ3n) is 1.15. The zero-order valence-corrected chi connectivity index (χ0v) is 7.85. The summed E-state index contributed by atoms with van der Waals surface area (Å²) >= 11 is 8.87. The predicted octanol–water partition coefficient (Wildman–Crippen LogP) is 2.56. The highest BCUT2D eigenvalue weighted by molar-refractivity contribution is 9.10.